The largest absolute Gasteiger partial charge is 0.454 e. The first-order chi connectivity index (χ1) is 17.0. The summed E-state index contributed by atoms with van der Waals surface area (Å²) in [6, 6.07) is 23.0. The number of hydrogen-bond acceptors (Lipinski definition) is 6. The predicted molar refractivity (Wildman–Crippen MR) is 131 cm³/mol. The summed E-state index contributed by atoms with van der Waals surface area (Å²) < 4.78 is 5.47. The molecule has 0 saturated carbocycles. The Balaban J connectivity index is 1.45. The van der Waals surface area contributed by atoms with Gasteiger partial charge < -0.3 is 4.74 Å². The molecule has 0 amide bonds. The number of nitrogens with zero attached hydrogens (tertiary/aromatic N) is 2. The highest BCUT2D eigenvalue weighted by Gasteiger charge is 2.28. The smallest absolute Gasteiger partial charge is 0.339 e. The fraction of sp³-hybridized carbons (Fsp3) is 0.179. The van der Waals surface area contributed by atoms with Crippen molar-refractivity contribution in [1.82, 2.24) is 4.98 Å². The third kappa shape index (κ3) is 4.53. The minimum absolute atomic E-state index is 0.123. The number of esters is 1. The van der Waals surface area contributed by atoms with Crippen molar-refractivity contribution in [3.8, 4) is 0 Å². The summed E-state index contributed by atoms with van der Waals surface area (Å²) in [6.07, 6.45) is 2.33. The number of para-hydroxylation sites is 1. The Kier molecular flexibility index (Phi) is 6.06. The number of aryl methyl sites for hydroxylation is 1. The zero-order chi connectivity index (χ0) is 24.4. The summed E-state index contributed by atoms with van der Waals surface area (Å²) in [5, 5.41) is 11.7. The second kappa shape index (κ2) is 9.46. The number of non-ortho nitro benzene ring substituents is 1. The van der Waals surface area contributed by atoms with Crippen LogP contribution in [-0.2, 0) is 17.6 Å². The van der Waals surface area contributed by atoms with Gasteiger partial charge in [-0.1, -0.05) is 60.7 Å². The number of nitro benzene ring substituents is 1. The molecule has 0 fully saturated rings. The van der Waals surface area contributed by atoms with Gasteiger partial charge in [0, 0.05) is 28.8 Å². The maximum Gasteiger partial charge on any atom is 0.339 e. The minimum Gasteiger partial charge on any atom is -0.454 e. The monoisotopic (exact) mass is 466 g/mol. The van der Waals surface area contributed by atoms with E-state index in [-0.39, 0.29) is 17.2 Å². The fourth-order valence-corrected chi connectivity index (χ4v) is 4.71. The SMILES string of the molecule is O=C(COC(=O)c1c2c(nc3ccccc13)CCC(c1ccccc1)C2)c1cccc([N+](=O)[O-])c1. The van der Waals surface area contributed by atoms with Gasteiger partial charge in [0.05, 0.1) is 16.0 Å². The molecule has 0 N–H and O–H groups in total. The van der Waals surface area contributed by atoms with E-state index in [2.05, 4.69) is 12.1 Å². The van der Waals surface area contributed by atoms with Crippen LogP contribution in [0.3, 0.4) is 0 Å². The molecule has 3 aromatic carbocycles. The minimum atomic E-state index is -0.590. The van der Waals surface area contributed by atoms with Crippen LogP contribution in [0.15, 0.2) is 78.9 Å². The first-order valence-electron chi connectivity index (χ1n) is 11.4. The second-order valence-electron chi connectivity index (χ2n) is 8.59. The molecule has 1 aliphatic rings. The Morgan fingerprint density at radius 3 is 2.57 bits per heavy atom. The lowest BCUT2D eigenvalue weighted by Gasteiger charge is -2.26. The van der Waals surface area contributed by atoms with E-state index in [4.69, 9.17) is 9.72 Å². The van der Waals surface area contributed by atoms with Crippen molar-refractivity contribution in [1.29, 1.82) is 0 Å². The van der Waals surface area contributed by atoms with E-state index < -0.39 is 23.3 Å². The Hall–Kier alpha value is -4.39. The number of carbonyl (C=O) groups excluding carboxylic acids is 2. The molecule has 1 aliphatic carbocycles. The van der Waals surface area contributed by atoms with Gasteiger partial charge in [0.1, 0.15) is 0 Å². The standard InChI is InChI=1S/C28H22N2O5/c31-26(20-9-6-10-21(15-20)30(33)34)17-35-28(32)27-22-11-4-5-12-24(22)29-25-14-13-19(16-23(25)27)18-7-2-1-3-8-18/h1-12,15,19H,13-14,16-17H2. The average Bonchev–Trinajstić information content (AvgIpc) is 2.90. The Labute approximate surface area is 201 Å². The number of ether oxygens (including phenoxy) is 1. The molecule has 35 heavy (non-hydrogen) atoms. The highest BCUT2D eigenvalue weighted by molar-refractivity contribution is 6.06. The summed E-state index contributed by atoms with van der Waals surface area (Å²) >= 11 is 0. The molecule has 0 saturated heterocycles. The van der Waals surface area contributed by atoms with E-state index in [1.54, 1.807) is 0 Å². The van der Waals surface area contributed by atoms with Crippen LogP contribution < -0.4 is 0 Å². The summed E-state index contributed by atoms with van der Waals surface area (Å²) in [6.45, 7) is -0.506. The van der Waals surface area contributed by atoms with Crippen LogP contribution in [0.25, 0.3) is 10.9 Å². The molecule has 1 aromatic heterocycles. The maximum atomic E-state index is 13.4. The molecule has 0 radical (unpaired) electrons. The van der Waals surface area contributed by atoms with Gasteiger partial charge in [-0.15, -0.1) is 0 Å². The van der Waals surface area contributed by atoms with Gasteiger partial charge in [-0.3, -0.25) is 19.9 Å². The molecule has 4 aromatic rings. The number of pyridine rings is 1. The number of carbonyl (C=O) groups is 2. The lowest BCUT2D eigenvalue weighted by atomic mass is 9.80. The number of benzene rings is 3. The highest BCUT2D eigenvalue weighted by atomic mass is 16.6. The molecule has 174 valence electrons. The van der Waals surface area contributed by atoms with Crippen molar-refractivity contribution < 1.29 is 19.2 Å². The van der Waals surface area contributed by atoms with E-state index in [0.717, 1.165) is 24.1 Å². The molecule has 0 aliphatic heterocycles. The lowest BCUT2D eigenvalue weighted by molar-refractivity contribution is -0.384. The number of hydrogen-bond donors (Lipinski definition) is 0. The first-order valence-corrected chi connectivity index (χ1v) is 11.4. The second-order valence-corrected chi connectivity index (χ2v) is 8.59. The van der Waals surface area contributed by atoms with Gasteiger partial charge in [-0.05, 0) is 42.4 Å². The van der Waals surface area contributed by atoms with Crippen LogP contribution in [0.2, 0.25) is 0 Å². The Bertz CT molecular complexity index is 1450. The lowest BCUT2D eigenvalue weighted by Crippen LogP contribution is -2.21. The third-order valence-electron chi connectivity index (χ3n) is 6.45. The van der Waals surface area contributed by atoms with E-state index in [1.807, 2.05) is 42.5 Å². The Morgan fingerprint density at radius 2 is 1.77 bits per heavy atom. The molecule has 5 rings (SSSR count). The maximum absolute atomic E-state index is 13.4. The first kappa shape index (κ1) is 22.4. The summed E-state index contributed by atoms with van der Waals surface area (Å²) in [5.74, 6) is -0.839. The molecule has 0 spiro atoms. The van der Waals surface area contributed by atoms with Crippen LogP contribution in [0.1, 0.15) is 49.9 Å². The van der Waals surface area contributed by atoms with Crippen molar-refractivity contribution in [3.05, 3.63) is 117 Å². The number of fused-ring (bicyclic) bond motifs is 2. The van der Waals surface area contributed by atoms with Crippen molar-refractivity contribution in [2.75, 3.05) is 6.61 Å². The van der Waals surface area contributed by atoms with Gasteiger partial charge in [0.2, 0.25) is 5.78 Å². The predicted octanol–water partition coefficient (Wildman–Crippen LogP) is 5.46. The van der Waals surface area contributed by atoms with Gasteiger partial charge in [-0.2, -0.15) is 0 Å². The number of rotatable bonds is 6. The molecule has 0 bridgehead atoms. The van der Waals surface area contributed by atoms with Crippen LogP contribution in [0.5, 0.6) is 0 Å². The van der Waals surface area contributed by atoms with Crippen molar-refractivity contribution in [3.63, 3.8) is 0 Å². The van der Waals surface area contributed by atoms with Crippen LogP contribution in [0, 0.1) is 10.1 Å². The quantitative estimate of drug-likeness (QED) is 0.162. The zero-order valence-electron chi connectivity index (χ0n) is 18.8. The highest BCUT2D eigenvalue weighted by Crippen LogP contribution is 2.36. The molecule has 1 unspecified atom stereocenters. The van der Waals surface area contributed by atoms with Crippen LogP contribution >= 0.6 is 0 Å². The summed E-state index contributed by atoms with van der Waals surface area (Å²) in [4.78, 5) is 41.3. The number of ketones is 1. The van der Waals surface area contributed by atoms with Crippen LogP contribution in [-0.4, -0.2) is 28.3 Å². The van der Waals surface area contributed by atoms with Gasteiger partial charge >= 0.3 is 5.97 Å². The fourth-order valence-electron chi connectivity index (χ4n) is 4.71. The summed E-state index contributed by atoms with van der Waals surface area (Å²) in [5.41, 5.74) is 4.04. The topological polar surface area (TPSA) is 99.4 Å². The number of aromatic nitrogens is 1. The molecule has 7 heteroatoms. The van der Waals surface area contributed by atoms with Gasteiger partial charge in [0.25, 0.3) is 5.69 Å². The van der Waals surface area contributed by atoms with Crippen molar-refractivity contribution in [2.24, 2.45) is 0 Å². The summed E-state index contributed by atoms with van der Waals surface area (Å²) in [7, 11) is 0. The van der Waals surface area contributed by atoms with Crippen LogP contribution in [0.4, 0.5) is 5.69 Å². The van der Waals surface area contributed by atoms with E-state index >= 15 is 0 Å². The number of Topliss-reactive ketones (excluding diaryl/α,β-unsaturated/α-hetero) is 1. The number of nitro groups is 1. The van der Waals surface area contributed by atoms with E-state index in [0.29, 0.717) is 22.9 Å². The molecular formula is C28H22N2O5. The Morgan fingerprint density at radius 1 is 1.00 bits per heavy atom. The normalized spacial score (nSPS) is 14.8. The van der Waals surface area contributed by atoms with Gasteiger partial charge in [-0.25, -0.2) is 4.79 Å². The van der Waals surface area contributed by atoms with Crippen molar-refractivity contribution >= 4 is 28.3 Å². The van der Waals surface area contributed by atoms with Crippen molar-refractivity contribution in [2.45, 2.75) is 25.2 Å². The zero-order valence-corrected chi connectivity index (χ0v) is 18.8. The molecule has 1 heterocycles. The average molecular weight is 466 g/mol. The van der Waals surface area contributed by atoms with E-state index in [1.165, 1.54) is 29.8 Å². The van der Waals surface area contributed by atoms with E-state index in [9.17, 15) is 19.7 Å². The molecule has 1 atom stereocenters. The molecule has 7 nitrogen and oxygen atoms in total. The third-order valence-corrected chi connectivity index (χ3v) is 6.45. The van der Waals surface area contributed by atoms with Gasteiger partial charge in [0.15, 0.2) is 6.61 Å². The molecular weight excluding hydrogens is 444 g/mol.